The summed E-state index contributed by atoms with van der Waals surface area (Å²) in [5.41, 5.74) is 2.58. The van der Waals surface area contributed by atoms with Gasteiger partial charge in [0.05, 0.1) is 12.1 Å². The summed E-state index contributed by atoms with van der Waals surface area (Å²) in [6.07, 6.45) is 3.79. The summed E-state index contributed by atoms with van der Waals surface area (Å²) in [5, 5.41) is 9.62. The molecule has 0 radical (unpaired) electrons. The molecule has 1 aliphatic rings. The van der Waals surface area contributed by atoms with Crippen molar-refractivity contribution in [2.45, 2.75) is 6.42 Å². The highest BCUT2D eigenvalue weighted by molar-refractivity contribution is 6.32. The molecule has 21 heavy (non-hydrogen) atoms. The fourth-order valence-electron chi connectivity index (χ4n) is 2.21. The number of allylic oxidation sites excluding steroid dienone is 2. The molecule has 1 aromatic carbocycles. The number of carbonyl (C=O) groups is 1. The van der Waals surface area contributed by atoms with Gasteiger partial charge in [0.15, 0.2) is 0 Å². The normalized spacial score (nSPS) is 13.3. The molecule has 0 bridgehead atoms. The maximum atomic E-state index is 12.4. The second-order valence-electron chi connectivity index (χ2n) is 4.98. The molecule has 1 aliphatic carbocycles. The van der Waals surface area contributed by atoms with Crippen molar-refractivity contribution < 1.29 is 9.53 Å². The summed E-state index contributed by atoms with van der Waals surface area (Å²) in [6.45, 7) is 0. The fraction of sp³-hybridized carbons (Fsp3) is 0.250. The zero-order chi connectivity index (χ0) is 15.6. The summed E-state index contributed by atoms with van der Waals surface area (Å²) in [7, 11) is 5.09. The van der Waals surface area contributed by atoms with Crippen molar-refractivity contribution in [3.05, 3.63) is 45.6 Å². The molecule has 0 spiro atoms. The summed E-state index contributed by atoms with van der Waals surface area (Å²) >= 11 is 6.08. The van der Waals surface area contributed by atoms with E-state index in [4.69, 9.17) is 21.6 Å². The number of carbonyl (C=O) groups excluding carboxylic acids is 1. The molecule has 0 saturated carbocycles. The molecule has 4 nitrogen and oxygen atoms in total. The van der Waals surface area contributed by atoms with Crippen molar-refractivity contribution in [3.8, 4) is 11.8 Å². The highest BCUT2D eigenvalue weighted by atomic mass is 35.5. The summed E-state index contributed by atoms with van der Waals surface area (Å²) in [5.74, 6) is 0.333. The molecule has 0 unspecified atom stereocenters. The lowest BCUT2D eigenvalue weighted by Gasteiger charge is -2.07. The van der Waals surface area contributed by atoms with E-state index in [0.29, 0.717) is 22.8 Å². The van der Waals surface area contributed by atoms with Gasteiger partial charge in [-0.3, -0.25) is 4.79 Å². The Hall–Kier alpha value is -2.25. The highest BCUT2D eigenvalue weighted by Gasteiger charge is 2.23. The van der Waals surface area contributed by atoms with Crippen LogP contribution in [0.4, 0.5) is 0 Å². The van der Waals surface area contributed by atoms with Gasteiger partial charge in [0.2, 0.25) is 5.78 Å². The van der Waals surface area contributed by atoms with Gasteiger partial charge in [-0.05, 0) is 29.3 Å². The molecule has 0 fully saturated rings. The number of fused-ring (bicyclic) bond motifs is 1. The van der Waals surface area contributed by atoms with E-state index in [1.165, 1.54) is 6.20 Å². The average molecular weight is 303 g/mol. The topological polar surface area (TPSA) is 53.3 Å². The predicted molar refractivity (Wildman–Crippen MR) is 82.1 cm³/mol. The van der Waals surface area contributed by atoms with Crippen LogP contribution in [0.25, 0.3) is 6.08 Å². The van der Waals surface area contributed by atoms with Gasteiger partial charge in [-0.25, -0.2) is 0 Å². The molecule has 0 saturated heterocycles. The minimum absolute atomic E-state index is 0.122. The first-order valence-corrected chi connectivity index (χ1v) is 6.74. The number of methoxy groups -OCH3 is 1. The molecular weight excluding hydrogens is 288 g/mol. The van der Waals surface area contributed by atoms with Gasteiger partial charge in [0.1, 0.15) is 17.4 Å². The first-order chi connectivity index (χ1) is 9.96. The van der Waals surface area contributed by atoms with Crippen LogP contribution in [0.2, 0.25) is 5.02 Å². The van der Waals surface area contributed by atoms with Crippen LogP contribution in [0.15, 0.2) is 29.5 Å². The Morgan fingerprint density at radius 1 is 1.48 bits per heavy atom. The Morgan fingerprint density at radius 2 is 2.19 bits per heavy atom. The fourth-order valence-corrected chi connectivity index (χ4v) is 2.46. The highest BCUT2D eigenvalue weighted by Crippen LogP contribution is 2.34. The minimum Gasteiger partial charge on any atom is -0.495 e. The van der Waals surface area contributed by atoms with E-state index in [9.17, 15) is 4.79 Å². The van der Waals surface area contributed by atoms with E-state index in [0.717, 1.165) is 11.1 Å². The number of nitriles is 1. The molecule has 0 heterocycles. The van der Waals surface area contributed by atoms with Crippen LogP contribution >= 0.6 is 11.6 Å². The van der Waals surface area contributed by atoms with E-state index in [1.807, 2.05) is 12.1 Å². The Labute approximate surface area is 128 Å². The molecule has 0 amide bonds. The number of ether oxygens (including phenoxy) is 1. The van der Waals surface area contributed by atoms with E-state index in [-0.39, 0.29) is 11.4 Å². The third-order valence-electron chi connectivity index (χ3n) is 3.17. The van der Waals surface area contributed by atoms with Crippen LogP contribution in [0.3, 0.4) is 0 Å². The second-order valence-corrected chi connectivity index (χ2v) is 5.39. The van der Waals surface area contributed by atoms with Gasteiger partial charge in [-0.1, -0.05) is 11.6 Å². The number of Topliss-reactive ketones (excluding diaryl/α,β-unsaturated/α-hetero) is 1. The van der Waals surface area contributed by atoms with E-state index >= 15 is 0 Å². The van der Waals surface area contributed by atoms with Crippen molar-refractivity contribution in [3.63, 3.8) is 0 Å². The standard InChI is InChI=1S/C16H15ClN2O2/c1-19(2)9-13(8-18)16(20)12-4-10-6-14(17)15(21-3)7-11(10)5-12/h4,6-7,9H,5H2,1-3H3. The zero-order valence-corrected chi connectivity index (χ0v) is 12.9. The molecular formula is C16H15ClN2O2. The van der Waals surface area contributed by atoms with E-state index < -0.39 is 0 Å². The lowest BCUT2D eigenvalue weighted by atomic mass is 10.0. The Bertz CT molecular complexity index is 697. The lowest BCUT2D eigenvalue weighted by molar-refractivity contribution is -0.111. The third-order valence-corrected chi connectivity index (χ3v) is 3.46. The van der Waals surface area contributed by atoms with Crippen LogP contribution in [0.1, 0.15) is 11.1 Å². The smallest absolute Gasteiger partial charge is 0.201 e. The maximum Gasteiger partial charge on any atom is 0.201 e. The van der Waals surface area contributed by atoms with Gasteiger partial charge in [-0.15, -0.1) is 0 Å². The lowest BCUT2D eigenvalue weighted by Crippen LogP contribution is -2.10. The zero-order valence-electron chi connectivity index (χ0n) is 12.1. The molecule has 5 heteroatoms. The number of nitrogens with zero attached hydrogens (tertiary/aromatic N) is 2. The maximum absolute atomic E-state index is 12.4. The van der Waals surface area contributed by atoms with Gasteiger partial charge >= 0.3 is 0 Å². The Morgan fingerprint density at radius 3 is 2.76 bits per heavy atom. The quantitative estimate of drug-likeness (QED) is 0.634. The Balaban J connectivity index is 2.32. The third kappa shape index (κ3) is 3.09. The summed E-state index contributed by atoms with van der Waals surface area (Å²) in [4.78, 5) is 14.0. The number of rotatable bonds is 4. The number of hydrogen-bond donors (Lipinski definition) is 0. The molecule has 0 atom stereocenters. The van der Waals surface area contributed by atoms with Crippen molar-refractivity contribution in [2.24, 2.45) is 0 Å². The number of halogens is 1. The number of benzene rings is 1. The average Bonchev–Trinajstić information content (AvgIpc) is 2.85. The van der Waals surface area contributed by atoms with Crippen molar-refractivity contribution in [1.82, 2.24) is 4.90 Å². The van der Waals surface area contributed by atoms with E-state index in [1.54, 1.807) is 38.2 Å². The van der Waals surface area contributed by atoms with Gasteiger partial charge in [-0.2, -0.15) is 5.26 Å². The number of ketones is 1. The summed E-state index contributed by atoms with van der Waals surface area (Å²) in [6, 6.07) is 5.55. The first-order valence-electron chi connectivity index (χ1n) is 6.36. The summed E-state index contributed by atoms with van der Waals surface area (Å²) < 4.78 is 5.18. The van der Waals surface area contributed by atoms with Crippen molar-refractivity contribution in [1.29, 1.82) is 5.26 Å². The van der Waals surface area contributed by atoms with Gasteiger partial charge < -0.3 is 9.64 Å². The van der Waals surface area contributed by atoms with Crippen LogP contribution in [-0.4, -0.2) is 31.9 Å². The van der Waals surface area contributed by atoms with Crippen LogP contribution in [-0.2, 0) is 11.2 Å². The van der Waals surface area contributed by atoms with Crippen molar-refractivity contribution in [2.75, 3.05) is 21.2 Å². The monoisotopic (exact) mass is 302 g/mol. The molecule has 0 aliphatic heterocycles. The SMILES string of the molecule is COc1cc2c(cc1Cl)C=C(C(=O)C(C#N)=CN(C)C)C2. The predicted octanol–water partition coefficient (Wildman–Crippen LogP) is 2.83. The molecule has 0 N–H and O–H groups in total. The largest absolute Gasteiger partial charge is 0.495 e. The van der Waals surface area contributed by atoms with Crippen LogP contribution < -0.4 is 4.74 Å². The Kier molecular flexibility index (Phi) is 4.35. The van der Waals surface area contributed by atoms with Gasteiger partial charge in [0, 0.05) is 32.3 Å². The van der Waals surface area contributed by atoms with Crippen LogP contribution in [0, 0.1) is 11.3 Å². The van der Waals surface area contributed by atoms with E-state index in [2.05, 4.69) is 0 Å². The molecule has 1 aromatic rings. The minimum atomic E-state index is -0.252. The van der Waals surface area contributed by atoms with Crippen molar-refractivity contribution >= 4 is 23.5 Å². The molecule has 0 aromatic heterocycles. The van der Waals surface area contributed by atoms with Gasteiger partial charge in [0.25, 0.3) is 0 Å². The van der Waals surface area contributed by atoms with Crippen LogP contribution in [0.5, 0.6) is 5.75 Å². The second kappa shape index (κ2) is 6.02. The first kappa shape index (κ1) is 15.1. The molecule has 108 valence electrons. The number of hydrogen-bond acceptors (Lipinski definition) is 4. The molecule has 2 rings (SSSR count).